The molecule has 0 saturated heterocycles. The maximum absolute atomic E-state index is 5.33. The van der Waals surface area contributed by atoms with Gasteiger partial charge in [-0.25, -0.2) is 0 Å². The zero-order chi connectivity index (χ0) is 11.3. The van der Waals surface area contributed by atoms with Gasteiger partial charge >= 0.3 is 0 Å². The Balaban J connectivity index is 3.00. The molecule has 1 rings (SSSR count). The van der Waals surface area contributed by atoms with Crippen LogP contribution in [0.4, 0.5) is 0 Å². The van der Waals surface area contributed by atoms with Crippen molar-refractivity contribution in [3.05, 3.63) is 11.9 Å². The second-order valence-corrected chi connectivity index (χ2v) is 3.43. The van der Waals surface area contributed by atoms with E-state index in [0.717, 1.165) is 31.0 Å². The number of hydrogen-bond acceptors (Lipinski definition) is 3. The molecular formula is C11H21N3O. The highest BCUT2D eigenvalue weighted by Gasteiger charge is 2.18. The summed E-state index contributed by atoms with van der Waals surface area (Å²) in [5.41, 5.74) is 1.16. The average Bonchev–Trinajstić information content (AvgIpc) is 2.68. The van der Waals surface area contributed by atoms with Crippen molar-refractivity contribution < 1.29 is 4.74 Å². The predicted molar refractivity (Wildman–Crippen MR) is 61.2 cm³/mol. The van der Waals surface area contributed by atoms with Crippen LogP contribution in [0.15, 0.2) is 6.20 Å². The van der Waals surface area contributed by atoms with Crippen LogP contribution >= 0.6 is 0 Å². The molecule has 1 unspecified atom stereocenters. The first kappa shape index (κ1) is 12.0. The number of aromatic nitrogens is 2. The smallest absolute Gasteiger partial charge is 0.161 e. The monoisotopic (exact) mass is 211 g/mol. The molecule has 0 bridgehead atoms. The molecule has 0 aliphatic carbocycles. The Kier molecular flexibility index (Phi) is 4.62. The molecule has 0 fully saturated rings. The van der Waals surface area contributed by atoms with Gasteiger partial charge in [0.25, 0.3) is 0 Å². The zero-order valence-electron chi connectivity index (χ0n) is 10.1. The van der Waals surface area contributed by atoms with Gasteiger partial charge in [-0.15, -0.1) is 0 Å². The highest BCUT2D eigenvalue weighted by molar-refractivity contribution is 5.28. The van der Waals surface area contributed by atoms with Gasteiger partial charge in [0.1, 0.15) is 0 Å². The molecule has 0 saturated carbocycles. The second-order valence-electron chi connectivity index (χ2n) is 3.43. The normalized spacial score (nSPS) is 12.8. The molecule has 1 heterocycles. The van der Waals surface area contributed by atoms with Crippen molar-refractivity contribution in [3.63, 3.8) is 0 Å². The van der Waals surface area contributed by atoms with Crippen LogP contribution in [0.3, 0.4) is 0 Å². The fraction of sp³-hybridized carbons (Fsp3) is 0.727. The quantitative estimate of drug-likeness (QED) is 0.782. The van der Waals surface area contributed by atoms with Gasteiger partial charge in [-0.3, -0.25) is 4.68 Å². The lowest BCUT2D eigenvalue weighted by atomic mass is 10.1. The topological polar surface area (TPSA) is 39.1 Å². The molecule has 0 amide bonds. The van der Waals surface area contributed by atoms with Gasteiger partial charge in [0.2, 0.25) is 0 Å². The molecule has 0 aliphatic rings. The summed E-state index contributed by atoms with van der Waals surface area (Å²) in [6, 6.07) is 0.326. The largest absolute Gasteiger partial charge is 0.493 e. The Hall–Kier alpha value is -1.03. The predicted octanol–water partition coefficient (Wildman–Crippen LogP) is 1.97. The standard InChI is InChI=1S/C11H21N3O/c1-5-9(12-6-2)11-10(15-4)8-13-14(11)7-3/h8-9,12H,5-7H2,1-4H3. The SMILES string of the molecule is CCNC(CC)c1c(OC)cnn1CC. The van der Waals surface area contributed by atoms with Gasteiger partial charge in [-0.2, -0.15) is 5.10 Å². The van der Waals surface area contributed by atoms with Crippen LogP contribution in [0, 0.1) is 0 Å². The van der Waals surface area contributed by atoms with E-state index < -0.39 is 0 Å². The molecule has 0 spiro atoms. The summed E-state index contributed by atoms with van der Waals surface area (Å²) in [7, 11) is 1.69. The Morgan fingerprint density at radius 3 is 2.67 bits per heavy atom. The first-order chi connectivity index (χ1) is 7.28. The van der Waals surface area contributed by atoms with E-state index in [9.17, 15) is 0 Å². The second kappa shape index (κ2) is 5.75. The summed E-state index contributed by atoms with van der Waals surface area (Å²) >= 11 is 0. The van der Waals surface area contributed by atoms with Crippen LogP contribution in [0.5, 0.6) is 5.75 Å². The van der Waals surface area contributed by atoms with Crippen molar-refractivity contribution in [1.82, 2.24) is 15.1 Å². The van der Waals surface area contributed by atoms with Crippen molar-refractivity contribution >= 4 is 0 Å². The van der Waals surface area contributed by atoms with Gasteiger partial charge in [0.15, 0.2) is 5.75 Å². The van der Waals surface area contributed by atoms with Crippen molar-refractivity contribution in [2.75, 3.05) is 13.7 Å². The minimum absolute atomic E-state index is 0.326. The lowest BCUT2D eigenvalue weighted by molar-refractivity contribution is 0.390. The number of methoxy groups -OCH3 is 1. The van der Waals surface area contributed by atoms with E-state index in [2.05, 4.69) is 31.2 Å². The first-order valence-corrected chi connectivity index (χ1v) is 5.61. The molecule has 1 N–H and O–H groups in total. The summed E-state index contributed by atoms with van der Waals surface area (Å²) in [6.45, 7) is 8.20. The molecule has 1 aromatic rings. The summed E-state index contributed by atoms with van der Waals surface area (Å²) in [6.07, 6.45) is 2.83. The number of hydrogen-bond donors (Lipinski definition) is 1. The van der Waals surface area contributed by atoms with Gasteiger partial charge in [-0.05, 0) is 19.9 Å². The summed E-state index contributed by atoms with van der Waals surface area (Å²) in [5.74, 6) is 0.879. The molecular weight excluding hydrogens is 190 g/mol. The first-order valence-electron chi connectivity index (χ1n) is 5.61. The molecule has 86 valence electrons. The fourth-order valence-corrected chi connectivity index (χ4v) is 1.82. The molecule has 1 aromatic heterocycles. The van der Waals surface area contributed by atoms with Crippen LogP contribution in [-0.2, 0) is 6.54 Å². The summed E-state index contributed by atoms with van der Waals surface area (Å²) in [4.78, 5) is 0. The van der Waals surface area contributed by atoms with E-state index in [1.54, 1.807) is 13.3 Å². The maximum Gasteiger partial charge on any atom is 0.161 e. The molecule has 15 heavy (non-hydrogen) atoms. The third-order valence-electron chi connectivity index (χ3n) is 2.55. The van der Waals surface area contributed by atoms with Crippen molar-refractivity contribution in [1.29, 1.82) is 0 Å². The molecule has 4 heteroatoms. The van der Waals surface area contributed by atoms with E-state index in [4.69, 9.17) is 4.74 Å². The van der Waals surface area contributed by atoms with Crippen molar-refractivity contribution in [3.8, 4) is 5.75 Å². The van der Waals surface area contributed by atoms with Crippen LogP contribution in [-0.4, -0.2) is 23.4 Å². The van der Waals surface area contributed by atoms with Gasteiger partial charge in [0.05, 0.1) is 25.0 Å². The van der Waals surface area contributed by atoms with Crippen LogP contribution in [0.1, 0.15) is 38.9 Å². The van der Waals surface area contributed by atoms with Crippen molar-refractivity contribution in [2.45, 2.75) is 39.8 Å². The number of rotatable bonds is 6. The average molecular weight is 211 g/mol. The molecule has 0 aliphatic heterocycles. The van der Waals surface area contributed by atoms with E-state index in [-0.39, 0.29) is 0 Å². The van der Waals surface area contributed by atoms with Crippen LogP contribution in [0.25, 0.3) is 0 Å². The van der Waals surface area contributed by atoms with Gasteiger partial charge < -0.3 is 10.1 Å². The van der Waals surface area contributed by atoms with E-state index in [0.29, 0.717) is 6.04 Å². The lowest BCUT2D eigenvalue weighted by Crippen LogP contribution is -2.23. The number of nitrogens with zero attached hydrogens (tertiary/aromatic N) is 2. The minimum atomic E-state index is 0.326. The zero-order valence-corrected chi connectivity index (χ0v) is 10.1. The minimum Gasteiger partial charge on any atom is -0.493 e. The molecule has 1 atom stereocenters. The number of ether oxygens (including phenoxy) is 1. The molecule has 4 nitrogen and oxygen atoms in total. The van der Waals surface area contributed by atoms with E-state index in [1.165, 1.54) is 0 Å². The van der Waals surface area contributed by atoms with E-state index >= 15 is 0 Å². The highest BCUT2D eigenvalue weighted by atomic mass is 16.5. The number of aryl methyl sites for hydroxylation is 1. The lowest BCUT2D eigenvalue weighted by Gasteiger charge is -2.18. The Bertz CT molecular complexity index is 275. The Labute approximate surface area is 91.6 Å². The maximum atomic E-state index is 5.33. The molecule has 0 aromatic carbocycles. The summed E-state index contributed by atoms with van der Waals surface area (Å²) in [5, 5.41) is 7.75. The molecule has 0 radical (unpaired) electrons. The van der Waals surface area contributed by atoms with E-state index in [1.807, 2.05) is 4.68 Å². The summed E-state index contributed by atoms with van der Waals surface area (Å²) < 4.78 is 7.33. The fourth-order valence-electron chi connectivity index (χ4n) is 1.82. The Morgan fingerprint density at radius 2 is 2.20 bits per heavy atom. The third-order valence-corrected chi connectivity index (χ3v) is 2.55. The van der Waals surface area contributed by atoms with Crippen molar-refractivity contribution in [2.24, 2.45) is 0 Å². The highest BCUT2D eigenvalue weighted by Crippen LogP contribution is 2.26. The van der Waals surface area contributed by atoms with Gasteiger partial charge in [-0.1, -0.05) is 13.8 Å². The third kappa shape index (κ3) is 2.50. The number of nitrogens with one attached hydrogen (secondary N) is 1. The van der Waals surface area contributed by atoms with Crippen LogP contribution < -0.4 is 10.1 Å². The Morgan fingerprint density at radius 1 is 1.47 bits per heavy atom. The van der Waals surface area contributed by atoms with Crippen LogP contribution in [0.2, 0.25) is 0 Å². The van der Waals surface area contributed by atoms with Gasteiger partial charge in [0, 0.05) is 6.54 Å².